The lowest BCUT2D eigenvalue weighted by atomic mass is 10.2. The zero-order valence-electron chi connectivity index (χ0n) is 15.4. The van der Waals surface area contributed by atoms with Gasteiger partial charge in [0.1, 0.15) is 11.6 Å². The minimum atomic E-state index is -0.429. The van der Waals surface area contributed by atoms with Gasteiger partial charge in [0.2, 0.25) is 0 Å². The summed E-state index contributed by atoms with van der Waals surface area (Å²) in [4.78, 5) is 28.2. The van der Waals surface area contributed by atoms with Crippen molar-refractivity contribution in [3.63, 3.8) is 0 Å². The average molecular weight is 377 g/mol. The fourth-order valence-corrected chi connectivity index (χ4v) is 2.47. The SMILES string of the molecule is COC(=O)c1ccc(NC(=O)c2ccnc(Nc3ccc(OC)cc3)c2)cc1. The normalized spacial score (nSPS) is 10.1. The molecule has 3 aromatic rings. The van der Waals surface area contributed by atoms with Gasteiger partial charge in [-0.25, -0.2) is 9.78 Å². The van der Waals surface area contributed by atoms with Crippen molar-refractivity contribution in [2.24, 2.45) is 0 Å². The number of aromatic nitrogens is 1. The molecule has 0 aliphatic rings. The molecule has 0 saturated carbocycles. The molecule has 7 nitrogen and oxygen atoms in total. The van der Waals surface area contributed by atoms with Crippen molar-refractivity contribution in [2.45, 2.75) is 0 Å². The maximum atomic E-state index is 12.5. The highest BCUT2D eigenvalue weighted by Gasteiger charge is 2.09. The summed E-state index contributed by atoms with van der Waals surface area (Å²) < 4.78 is 9.79. The first kappa shape index (κ1) is 18.9. The van der Waals surface area contributed by atoms with Gasteiger partial charge in [0.25, 0.3) is 5.91 Å². The highest BCUT2D eigenvalue weighted by Crippen LogP contribution is 2.20. The van der Waals surface area contributed by atoms with Crippen LogP contribution in [0.15, 0.2) is 66.9 Å². The predicted octanol–water partition coefficient (Wildman–Crippen LogP) is 3.87. The molecule has 0 aliphatic carbocycles. The molecule has 0 unspecified atom stereocenters. The first-order valence-electron chi connectivity index (χ1n) is 8.46. The van der Waals surface area contributed by atoms with Gasteiger partial charge in [0, 0.05) is 23.1 Å². The van der Waals surface area contributed by atoms with Crippen molar-refractivity contribution >= 4 is 29.1 Å². The number of benzene rings is 2. The Morgan fingerprint density at radius 3 is 2.18 bits per heavy atom. The summed E-state index contributed by atoms with van der Waals surface area (Å²) in [6.07, 6.45) is 1.56. The summed E-state index contributed by atoms with van der Waals surface area (Å²) in [6, 6.07) is 17.1. The second-order valence-electron chi connectivity index (χ2n) is 5.81. The minimum absolute atomic E-state index is 0.286. The second-order valence-corrected chi connectivity index (χ2v) is 5.81. The van der Waals surface area contributed by atoms with E-state index in [1.807, 2.05) is 24.3 Å². The van der Waals surface area contributed by atoms with Crippen molar-refractivity contribution in [2.75, 3.05) is 24.9 Å². The second kappa shape index (κ2) is 8.68. The molecular weight excluding hydrogens is 358 g/mol. The highest BCUT2D eigenvalue weighted by molar-refractivity contribution is 6.04. The maximum absolute atomic E-state index is 12.5. The van der Waals surface area contributed by atoms with Gasteiger partial charge < -0.3 is 20.1 Å². The lowest BCUT2D eigenvalue weighted by molar-refractivity contribution is 0.0600. The molecule has 1 aromatic heterocycles. The number of amides is 1. The fourth-order valence-electron chi connectivity index (χ4n) is 2.47. The number of nitrogens with one attached hydrogen (secondary N) is 2. The van der Waals surface area contributed by atoms with E-state index in [9.17, 15) is 9.59 Å². The number of hydrogen-bond donors (Lipinski definition) is 2. The smallest absolute Gasteiger partial charge is 0.337 e. The number of carbonyl (C=O) groups is 2. The molecule has 0 bridgehead atoms. The van der Waals surface area contributed by atoms with Crippen LogP contribution < -0.4 is 15.4 Å². The Morgan fingerprint density at radius 2 is 1.54 bits per heavy atom. The van der Waals surface area contributed by atoms with E-state index in [4.69, 9.17) is 4.74 Å². The topological polar surface area (TPSA) is 89.5 Å². The van der Waals surface area contributed by atoms with Gasteiger partial charge in [-0.1, -0.05) is 0 Å². The van der Waals surface area contributed by atoms with Crippen LogP contribution in [0.2, 0.25) is 0 Å². The van der Waals surface area contributed by atoms with Crippen molar-refractivity contribution in [1.29, 1.82) is 0 Å². The summed E-state index contributed by atoms with van der Waals surface area (Å²) in [5.41, 5.74) is 2.25. The lowest BCUT2D eigenvalue weighted by Gasteiger charge is -2.09. The van der Waals surface area contributed by atoms with Gasteiger partial charge in [0.05, 0.1) is 19.8 Å². The third-order valence-corrected chi connectivity index (χ3v) is 3.95. The molecule has 0 saturated heterocycles. The number of carbonyl (C=O) groups excluding carboxylic acids is 2. The third kappa shape index (κ3) is 4.64. The third-order valence-electron chi connectivity index (χ3n) is 3.95. The quantitative estimate of drug-likeness (QED) is 0.634. The fraction of sp³-hybridized carbons (Fsp3) is 0.0952. The first-order chi connectivity index (χ1) is 13.6. The van der Waals surface area contributed by atoms with Crippen molar-refractivity contribution in [3.05, 3.63) is 78.0 Å². The molecule has 7 heteroatoms. The number of anilines is 3. The number of rotatable bonds is 6. The van der Waals surface area contributed by atoms with Crippen molar-refractivity contribution in [3.8, 4) is 5.75 Å². The standard InChI is InChI=1S/C21H19N3O4/c1-27-18-9-7-16(8-10-18)23-19-13-15(11-12-22-19)20(25)24-17-5-3-14(4-6-17)21(26)28-2/h3-13H,1-2H3,(H,22,23)(H,24,25). The van der Waals surface area contributed by atoms with Crippen LogP contribution in [0.4, 0.5) is 17.2 Å². The van der Waals surface area contributed by atoms with Gasteiger partial charge in [-0.05, 0) is 60.7 Å². The molecule has 142 valence electrons. The molecule has 1 amide bonds. The van der Waals surface area contributed by atoms with E-state index in [2.05, 4.69) is 20.4 Å². The molecule has 28 heavy (non-hydrogen) atoms. The zero-order valence-corrected chi connectivity index (χ0v) is 15.4. The maximum Gasteiger partial charge on any atom is 0.337 e. The molecule has 0 atom stereocenters. The summed E-state index contributed by atoms with van der Waals surface area (Å²) in [5.74, 6) is 0.580. The van der Waals surface area contributed by atoms with Gasteiger partial charge in [-0.3, -0.25) is 4.79 Å². The van der Waals surface area contributed by atoms with Crippen LogP contribution >= 0.6 is 0 Å². The molecule has 0 aliphatic heterocycles. The molecule has 1 heterocycles. The van der Waals surface area contributed by atoms with E-state index in [-0.39, 0.29) is 5.91 Å². The van der Waals surface area contributed by atoms with Gasteiger partial charge in [-0.15, -0.1) is 0 Å². The van der Waals surface area contributed by atoms with Crippen LogP contribution in [-0.2, 0) is 4.74 Å². The molecular formula is C21H19N3O4. The number of ether oxygens (including phenoxy) is 2. The predicted molar refractivity (Wildman–Crippen MR) is 106 cm³/mol. The highest BCUT2D eigenvalue weighted by atomic mass is 16.5. The van der Waals surface area contributed by atoms with Crippen molar-refractivity contribution in [1.82, 2.24) is 4.98 Å². The van der Waals surface area contributed by atoms with E-state index >= 15 is 0 Å². The van der Waals surface area contributed by atoms with E-state index < -0.39 is 5.97 Å². The largest absolute Gasteiger partial charge is 0.497 e. The summed E-state index contributed by atoms with van der Waals surface area (Å²) in [7, 11) is 2.92. The van der Waals surface area contributed by atoms with Gasteiger partial charge >= 0.3 is 5.97 Å². The number of esters is 1. The number of methoxy groups -OCH3 is 2. The Kier molecular flexibility index (Phi) is 5.86. The number of nitrogens with zero attached hydrogens (tertiary/aromatic N) is 1. The van der Waals surface area contributed by atoms with E-state index in [1.165, 1.54) is 7.11 Å². The molecule has 2 N–H and O–H groups in total. The Balaban J connectivity index is 1.68. The summed E-state index contributed by atoms with van der Waals surface area (Å²) >= 11 is 0. The van der Waals surface area contributed by atoms with Crippen molar-refractivity contribution < 1.29 is 19.1 Å². The van der Waals surface area contributed by atoms with Gasteiger partial charge in [-0.2, -0.15) is 0 Å². The van der Waals surface area contributed by atoms with E-state index in [1.54, 1.807) is 49.7 Å². The summed E-state index contributed by atoms with van der Waals surface area (Å²) in [6.45, 7) is 0. The summed E-state index contributed by atoms with van der Waals surface area (Å²) in [5, 5.41) is 5.93. The monoisotopic (exact) mass is 377 g/mol. The number of hydrogen-bond acceptors (Lipinski definition) is 6. The Labute approximate surface area is 162 Å². The average Bonchev–Trinajstić information content (AvgIpc) is 2.74. The van der Waals surface area contributed by atoms with Crippen LogP contribution in [0, 0.1) is 0 Å². The Hall–Kier alpha value is -3.87. The lowest BCUT2D eigenvalue weighted by Crippen LogP contribution is -2.12. The molecule has 0 radical (unpaired) electrons. The van der Waals surface area contributed by atoms with E-state index in [0.29, 0.717) is 22.6 Å². The van der Waals surface area contributed by atoms with E-state index in [0.717, 1.165) is 11.4 Å². The van der Waals surface area contributed by atoms with Crippen LogP contribution in [-0.4, -0.2) is 31.1 Å². The molecule has 3 rings (SSSR count). The van der Waals surface area contributed by atoms with Crippen LogP contribution in [0.3, 0.4) is 0 Å². The van der Waals surface area contributed by atoms with Crippen LogP contribution in [0.5, 0.6) is 5.75 Å². The van der Waals surface area contributed by atoms with Crippen LogP contribution in [0.1, 0.15) is 20.7 Å². The van der Waals surface area contributed by atoms with Crippen LogP contribution in [0.25, 0.3) is 0 Å². The molecule has 0 fully saturated rings. The first-order valence-corrected chi connectivity index (χ1v) is 8.46. The Bertz CT molecular complexity index is 970. The Morgan fingerprint density at radius 1 is 0.857 bits per heavy atom. The van der Waals surface area contributed by atoms with Gasteiger partial charge in [0.15, 0.2) is 0 Å². The molecule has 2 aromatic carbocycles. The molecule has 0 spiro atoms. The zero-order chi connectivity index (χ0) is 19.9. The minimum Gasteiger partial charge on any atom is -0.497 e. The number of pyridine rings is 1.